The van der Waals surface area contributed by atoms with Crippen molar-refractivity contribution in [2.24, 2.45) is 0 Å². The van der Waals surface area contributed by atoms with Crippen LogP contribution < -0.4 is 0 Å². The lowest BCUT2D eigenvalue weighted by atomic mass is 9.59. The molecular weight excluding hydrogens is 275 g/mol. The van der Waals surface area contributed by atoms with Gasteiger partial charge in [-0.3, -0.25) is 0 Å². The van der Waals surface area contributed by atoms with E-state index in [1.165, 1.54) is 38.8 Å². The molecule has 1 aromatic carbocycles. The Morgan fingerprint density at radius 2 is 1.78 bits per heavy atom. The summed E-state index contributed by atoms with van der Waals surface area (Å²) in [5.41, 5.74) is 8.82. The molecule has 0 nitrogen and oxygen atoms in total. The van der Waals surface area contributed by atoms with E-state index in [0.717, 1.165) is 6.42 Å². The molecule has 0 spiro atoms. The fourth-order valence-corrected chi connectivity index (χ4v) is 3.00. The molecule has 0 N–H and O–H groups in total. The molecule has 0 fully saturated rings. The van der Waals surface area contributed by atoms with E-state index < -0.39 is 0 Å². The van der Waals surface area contributed by atoms with Crippen molar-refractivity contribution in [1.29, 1.82) is 0 Å². The highest BCUT2D eigenvalue weighted by Crippen LogP contribution is 2.36. The van der Waals surface area contributed by atoms with E-state index in [-0.39, 0.29) is 0 Å². The minimum Gasteiger partial charge on any atom is -0.0991 e. The molecule has 1 aliphatic rings. The number of fused-ring (bicyclic) bond motifs is 1. The summed E-state index contributed by atoms with van der Waals surface area (Å²) in [6, 6.07) is 8.60. The summed E-state index contributed by atoms with van der Waals surface area (Å²) in [7, 11) is 2.27. The lowest BCUT2D eigenvalue weighted by molar-refractivity contribution is 1.23. The van der Waals surface area contributed by atoms with Crippen LogP contribution in [0.5, 0.6) is 0 Å². The minimum atomic E-state index is 0.983. The second-order valence-electron chi connectivity index (χ2n) is 5.87. The summed E-state index contributed by atoms with van der Waals surface area (Å²) in [5, 5.41) is 0. The molecule has 0 amide bonds. The molecule has 1 aromatic rings. The zero-order chi connectivity index (χ0) is 16.8. The van der Waals surface area contributed by atoms with Gasteiger partial charge in [-0.1, -0.05) is 91.2 Å². The third-order valence-corrected chi connectivity index (χ3v) is 3.93. The van der Waals surface area contributed by atoms with Crippen molar-refractivity contribution in [1.82, 2.24) is 0 Å². The molecule has 23 heavy (non-hydrogen) atoms. The Hall–Kier alpha value is -2.28. The van der Waals surface area contributed by atoms with Crippen molar-refractivity contribution in [2.45, 2.75) is 27.2 Å². The van der Waals surface area contributed by atoms with Crippen LogP contribution >= 0.6 is 0 Å². The van der Waals surface area contributed by atoms with Crippen molar-refractivity contribution in [3.05, 3.63) is 95.4 Å². The highest BCUT2D eigenvalue weighted by Gasteiger charge is 2.19. The first-order chi connectivity index (χ1) is 11.1. The van der Waals surface area contributed by atoms with Gasteiger partial charge in [0.15, 0.2) is 7.28 Å². The molecule has 0 aromatic heterocycles. The van der Waals surface area contributed by atoms with Crippen LogP contribution in [0.15, 0.2) is 84.3 Å². The second-order valence-corrected chi connectivity index (χ2v) is 5.87. The summed E-state index contributed by atoms with van der Waals surface area (Å²) >= 11 is 0. The van der Waals surface area contributed by atoms with Gasteiger partial charge in [0.25, 0.3) is 0 Å². The Kier molecular flexibility index (Phi) is 5.81. The Bertz CT molecular complexity index is 735. The zero-order valence-corrected chi connectivity index (χ0v) is 14.4. The van der Waals surface area contributed by atoms with Gasteiger partial charge in [-0.2, -0.15) is 0 Å². The fourth-order valence-electron chi connectivity index (χ4n) is 3.00. The van der Waals surface area contributed by atoms with Crippen LogP contribution in [0.4, 0.5) is 0 Å². The van der Waals surface area contributed by atoms with Crippen LogP contribution in [-0.2, 0) is 0 Å². The highest BCUT2D eigenvalue weighted by atomic mass is 14.2. The maximum Gasteiger partial charge on any atom is 0.192 e. The molecule has 1 heterocycles. The first kappa shape index (κ1) is 17.1. The van der Waals surface area contributed by atoms with Gasteiger partial charge < -0.3 is 0 Å². The lowest BCUT2D eigenvalue weighted by Crippen LogP contribution is -2.00. The molecule has 0 saturated heterocycles. The Morgan fingerprint density at radius 1 is 1.09 bits per heavy atom. The third kappa shape index (κ3) is 3.74. The predicted octanol–water partition coefficient (Wildman–Crippen LogP) is 6.13. The smallest absolute Gasteiger partial charge is 0.0991 e. The summed E-state index contributed by atoms with van der Waals surface area (Å²) in [4.78, 5) is 0. The van der Waals surface area contributed by atoms with Gasteiger partial charge >= 0.3 is 0 Å². The number of benzene rings is 1. The standard InChI is InChI=1S/C22H24B/c1-6-9-14-21-17(7-2)19-12-10-11-13-20(19)18(8-3)22(23-21)15-16(4)5/h6,8-15H,1,3,7H2,2,4-5H3/b14-9-. The first-order valence-corrected chi connectivity index (χ1v) is 8.10. The monoisotopic (exact) mass is 299 g/mol. The van der Waals surface area contributed by atoms with Crippen molar-refractivity contribution < 1.29 is 0 Å². The number of hydrogen-bond acceptors (Lipinski definition) is 0. The van der Waals surface area contributed by atoms with E-state index in [9.17, 15) is 0 Å². The topological polar surface area (TPSA) is 0 Å². The summed E-state index contributed by atoms with van der Waals surface area (Å²) < 4.78 is 0. The Labute approximate surface area is 141 Å². The molecule has 0 aliphatic carbocycles. The molecule has 0 unspecified atom stereocenters. The van der Waals surface area contributed by atoms with Gasteiger partial charge in [0.1, 0.15) is 0 Å². The summed E-state index contributed by atoms with van der Waals surface area (Å²) in [6.07, 6.45) is 11.2. The van der Waals surface area contributed by atoms with E-state index in [2.05, 4.69) is 77.6 Å². The fraction of sp³-hybridized carbons (Fsp3) is 0.182. The van der Waals surface area contributed by atoms with Crippen molar-refractivity contribution in [3.8, 4) is 0 Å². The second kappa shape index (κ2) is 7.83. The molecule has 1 aliphatic heterocycles. The maximum absolute atomic E-state index is 4.06. The third-order valence-electron chi connectivity index (χ3n) is 3.93. The van der Waals surface area contributed by atoms with Gasteiger partial charge in [-0.15, -0.1) is 0 Å². The van der Waals surface area contributed by atoms with Crippen molar-refractivity contribution >= 4 is 18.4 Å². The number of hydrogen-bond donors (Lipinski definition) is 0. The highest BCUT2D eigenvalue weighted by molar-refractivity contribution is 6.59. The molecule has 0 bridgehead atoms. The molecule has 1 radical (unpaired) electrons. The largest absolute Gasteiger partial charge is 0.192 e. The average molecular weight is 299 g/mol. The van der Waals surface area contributed by atoms with E-state index >= 15 is 0 Å². The van der Waals surface area contributed by atoms with Crippen LogP contribution in [0.2, 0.25) is 0 Å². The quantitative estimate of drug-likeness (QED) is 0.453. The first-order valence-electron chi connectivity index (χ1n) is 8.10. The lowest BCUT2D eigenvalue weighted by Gasteiger charge is -2.13. The predicted molar refractivity (Wildman–Crippen MR) is 105 cm³/mol. The Morgan fingerprint density at radius 3 is 2.35 bits per heavy atom. The van der Waals surface area contributed by atoms with Gasteiger partial charge in [-0.05, 0) is 42.5 Å². The summed E-state index contributed by atoms with van der Waals surface area (Å²) in [6.45, 7) is 14.3. The number of allylic oxidation sites excluding steroid dienone is 10. The molecular formula is C22H24B. The SMILES string of the molecule is C=C/C=C\C1=C(CC)c2ccccc2C(C=C)=C(C=C(C)C)[B]1. The molecule has 115 valence electrons. The molecule has 2 rings (SSSR count). The van der Waals surface area contributed by atoms with Crippen molar-refractivity contribution in [3.63, 3.8) is 0 Å². The molecule has 0 atom stereocenters. The van der Waals surface area contributed by atoms with Crippen LogP contribution in [0.1, 0.15) is 38.3 Å². The van der Waals surface area contributed by atoms with E-state index in [0.29, 0.717) is 0 Å². The van der Waals surface area contributed by atoms with Crippen LogP contribution in [0, 0.1) is 0 Å². The zero-order valence-electron chi connectivity index (χ0n) is 14.4. The minimum absolute atomic E-state index is 0.983. The number of rotatable bonds is 5. The molecule has 1 heteroatoms. The van der Waals surface area contributed by atoms with E-state index in [1.54, 1.807) is 0 Å². The van der Waals surface area contributed by atoms with Gasteiger partial charge in [0.2, 0.25) is 0 Å². The maximum atomic E-state index is 4.06. The van der Waals surface area contributed by atoms with Crippen LogP contribution in [-0.4, -0.2) is 7.28 Å². The van der Waals surface area contributed by atoms with Gasteiger partial charge in [0.05, 0.1) is 0 Å². The molecule has 0 saturated carbocycles. The normalized spacial score (nSPS) is 14.2. The summed E-state index contributed by atoms with van der Waals surface area (Å²) in [5.74, 6) is 0. The average Bonchev–Trinajstić information content (AvgIpc) is 2.65. The van der Waals surface area contributed by atoms with E-state index in [4.69, 9.17) is 0 Å². The van der Waals surface area contributed by atoms with Crippen molar-refractivity contribution in [2.75, 3.05) is 0 Å². The van der Waals surface area contributed by atoms with Gasteiger partial charge in [-0.25, -0.2) is 0 Å². The van der Waals surface area contributed by atoms with E-state index in [1.807, 2.05) is 18.2 Å². The Balaban J connectivity index is 2.81. The van der Waals surface area contributed by atoms with Crippen LogP contribution in [0.3, 0.4) is 0 Å². The van der Waals surface area contributed by atoms with Gasteiger partial charge in [0, 0.05) is 0 Å². The van der Waals surface area contributed by atoms with Crippen LogP contribution in [0.25, 0.3) is 11.1 Å².